The van der Waals surface area contributed by atoms with Crippen molar-refractivity contribution < 1.29 is 0 Å². The number of fused-ring (bicyclic) bond motifs is 1. The molecule has 0 spiro atoms. The van der Waals surface area contributed by atoms with Gasteiger partial charge < -0.3 is 10.3 Å². The Morgan fingerprint density at radius 2 is 2.22 bits per heavy atom. The number of nitriles is 1. The van der Waals surface area contributed by atoms with Gasteiger partial charge in [0.1, 0.15) is 17.3 Å². The molecule has 92 valence electrons. The minimum Gasteiger partial charge on any atom is -0.381 e. The van der Waals surface area contributed by atoms with Crippen LogP contribution in [0.5, 0.6) is 0 Å². The Bertz CT molecular complexity index is 620. The highest BCUT2D eigenvalue weighted by atomic mass is 35.5. The van der Waals surface area contributed by atoms with E-state index in [2.05, 4.69) is 21.4 Å². The van der Waals surface area contributed by atoms with Crippen LogP contribution in [0.25, 0.3) is 11.0 Å². The molecule has 2 N–H and O–H groups in total. The molecule has 0 amide bonds. The van der Waals surface area contributed by atoms with Crippen molar-refractivity contribution in [3.63, 3.8) is 0 Å². The summed E-state index contributed by atoms with van der Waals surface area (Å²) in [6, 6.07) is 4.51. The number of halogens is 1. The lowest BCUT2D eigenvalue weighted by atomic mass is 10.1. The molecule has 2 aromatic rings. The number of rotatable bonds is 2. The summed E-state index contributed by atoms with van der Waals surface area (Å²) < 4.78 is 0. The molecule has 0 bridgehead atoms. The van der Waals surface area contributed by atoms with Crippen LogP contribution in [-0.4, -0.2) is 16.0 Å². The predicted molar refractivity (Wildman–Crippen MR) is 71.7 cm³/mol. The number of nitrogens with zero attached hydrogens (tertiary/aromatic N) is 2. The van der Waals surface area contributed by atoms with E-state index in [0.29, 0.717) is 11.6 Å². The van der Waals surface area contributed by atoms with Gasteiger partial charge in [0, 0.05) is 17.6 Å². The maximum Gasteiger partial charge on any atom is 0.151 e. The number of aromatic nitrogens is 2. The minimum absolute atomic E-state index is 0.257. The molecule has 3 rings (SSSR count). The van der Waals surface area contributed by atoms with Gasteiger partial charge in [-0.2, -0.15) is 5.26 Å². The zero-order valence-corrected chi connectivity index (χ0v) is 10.6. The molecular weight excluding hydrogens is 248 g/mol. The Morgan fingerprint density at radius 3 is 2.94 bits per heavy atom. The molecule has 1 aliphatic carbocycles. The van der Waals surface area contributed by atoms with Crippen LogP contribution in [0.15, 0.2) is 12.3 Å². The second-order valence-electron chi connectivity index (χ2n) is 4.63. The third-order valence-electron chi connectivity index (χ3n) is 3.48. The molecule has 2 aromatic heterocycles. The van der Waals surface area contributed by atoms with Gasteiger partial charge in [-0.25, -0.2) is 4.98 Å². The number of nitrogens with one attached hydrogen (secondary N) is 2. The third-order valence-corrected chi connectivity index (χ3v) is 3.75. The average molecular weight is 261 g/mol. The number of aromatic amines is 1. The molecule has 0 saturated heterocycles. The first-order valence-corrected chi connectivity index (χ1v) is 6.50. The van der Waals surface area contributed by atoms with Crippen molar-refractivity contribution in [1.29, 1.82) is 5.26 Å². The summed E-state index contributed by atoms with van der Waals surface area (Å²) in [5, 5.41) is 13.9. The molecule has 0 atom stereocenters. The van der Waals surface area contributed by atoms with Gasteiger partial charge >= 0.3 is 0 Å². The first-order chi connectivity index (χ1) is 8.79. The molecule has 1 saturated carbocycles. The highest BCUT2D eigenvalue weighted by molar-refractivity contribution is 6.31. The van der Waals surface area contributed by atoms with Crippen molar-refractivity contribution in [2.24, 2.45) is 0 Å². The molecule has 0 aromatic carbocycles. The molecular formula is C13H13ClN4. The van der Waals surface area contributed by atoms with Crippen LogP contribution in [0.2, 0.25) is 5.15 Å². The number of hydrogen-bond donors (Lipinski definition) is 2. The topological polar surface area (TPSA) is 64.5 Å². The van der Waals surface area contributed by atoms with Crippen molar-refractivity contribution in [2.45, 2.75) is 31.7 Å². The van der Waals surface area contributed by atoms with Crippen molar-refractivity contribution in [3.05, 3.63) is 23.0 Å². The van der Waals surface area contributed by atoms with Crippen molar-refractivity contribution in [1.82, 2.24) is 9.97 Å². The summed E-state index contributed by atoms with van der Waals surface area (Å²) >= 11 is 6.06. The average Bonchev–Trinajstić information content (AvgIpc) is 2.99. The lowest BCUT2D eigenvalue weighted by molar-refractivity contribution is 0.756. The van der Waals surface area contributed by atoms with Crippen molar-refractivity contribution >= 4 is 28.3 Å². The van der Waals surface area contributed by atoms with Crippen LogP contribution in [0.3, 0.4) is 0 Å². The van der Waals surface area contributed by atoms with E-state index in [0.717, 1.165) is 29.6 Å². The summed E-state index contributed by atoms with van der Waals surface area (Å²) in [6.07, 6.45) is 6.60. The Kier molecular flexibility index (Phi) is 2.85. The number of hydrogen-bond acceptors (Lipinski definition) is 3. The zero-order valence-electron chi connectivity index (χ0n) is 9.83. The van der Waals surface area contributed by atoms with E-state index >= 15 is 0 Å². The van der Waals surface area contributed by atoms with Gasteiger partial charge in [-0.1, -0.05) is 24.4 Å². The zero-order chi connectivity index (χ0) is 12.5. The van der Waals surface area contributed by atoms with Crippen LogP contribution < -0.4 is 5.32 Å². The van der Waals surface area contributed by atoms with Gasteiger partial charge in [0.05, 0.1) is 5.69 Å². The summed E-state index contributed by atoms with van der Waals surface area (Å²) in [5.74, 6) is 0. The van der Waals surface area contributed by atoms with E-state index in [1.165, 1.54) is 12.8 Å². The van der Waals surface area contributed by atoms with Gasteiger partial charge in [-0.05, 0) is 18.9 Å². The number of pyridine rings is 1. The number of anilines is 1. The molecule has 0 unspecified atom stereocenters. The van der Waals surface area contributed by atoms with E-state index in [-0.39, 0.29) is 5.15 Å². The molecule has 18 heavy (non-hydrogen) atoms. The van der Waals surface area contributed by atoms with Crippen LogP contribution in [0.4, 0.5) is 5.69 Å². The molecule has 1 fully saturated rings. The SMILES string of the molecule is N#Cc1c(Cl)nc2[nH]ccc2c1NC1CCCC1. The van der Waals surface area contributed by atoms with Crippen LogP contribution in [0.1, 0.15) is 31.2 Å². The van der Waals surface area contributed by atoms with Gasteiger partial charge in [-0.15, -0.1) is 0 Å². The van der Waals surface area contributed by atoms with Crippen molar-refractivity contribution in [2.75, 3.05) is 5.32 Å². The summed E-state index contributed by atoms with van der Waals surface area (Å²) in [6.45, 7) is 0. The van der Waals surface area contributed by atoms with Crippen LogP contribution in [-0.2, 0) is 0 Å². The predicted octanol–water partition coefficient (Wildman–Crippen LogP) is 3.44. The maximum absolute atomic E-state index is 9.25. The van der Waals surface area contributed by atoms with E-state index in [4.69, 9.17) is 11.6 Å². The van der Waals surface area contributed by atoms with E-state index in [1.54, 1.807) is 0 Å². The highest BCUT2D eigenvalue weighted by Gasteiger charge is 2.20. The van der Waals surface area contributed by atoms with E-state index in [1.807, 2.05) is 12.3 Å². The van der Waals surface area contributed by atoms with Gasteiger partial charge in [-0.3, -0.25) is 0 Å². The fourth-order valence-electron chi connectivity index (χ4n) is 2.57. The third kappa shape index (κ3) is 1.81. The van der Waals surface area contributed by atoms with Gasteiger partial charge in [0.2, 0.25) is 0 Å². The molecule has 4 nitrogen and oxygen atoms in total. The molecule has 0 radical (unpaired) electrons. The molecule has 0 aliphatic heterocycles. The van der Waals surface area contributed by atoms with Crippen LogP contribution >= 0.6 is 11.6 Å². The first-order valence-electron chi connectivity index (χ1n) is 6.13. The largest absolute Gasteiger partial charge is 0.381 e. The summed E-state index contributed by atoms with van der Waals surface area (Å²) in [7, 11) is 0. The molecule has 5 heteroatoms. The Labute approximate surface area is 110 Å². The minimum atomic E-state index is 0.257. The van der Waals surface area contributed by atoms with Gasteiger partial charge in [0.15, 0.2) is 5.15 Å². The first kappa shape index (κ1) is 11.4. The fourth-order valence-corrected chi connectivity index (χ4v) is 2.79. The maximum atomic E-state index is 9.25. The van der Waals surface area contributed by atoms with Crippen molar-refractivity contribution in [3.8, 4) is 6.07 Å². The van der Waals surface area contributed by atoms with E-state index < -0.39 is 0 Å². The lowest BCUT2D eigenvalue weighted by Crippen LogP contribution is -2.16. The Morgan fingerprint density at radius 1 is 1.44 bits per heavy atom. The number of H-pyrrole nitrogens is 1. The van der Waals surface area contributed by atoms with E-state index in [9.17, 15) is 5.26 Å². The Balaban J connectivity index is 2.11. The highest BCUT2D eigenvalue weighted by Crippen LogP contribution is 2.32. The quantitative estimate of drug-likeness (QED) is 0.813. The second-order valence-corrected chi connectivity index (χ2v) is 4.99. The Hall–Kier alpha value is -1.73. The standard InChI is InChI=1S/C13H13ClN4/c14-12-10(7-15)11(17-8-3-1-2-4-8)9-5-6-16-13(9)18-12/h5-6,8H,1-4H2,(H2,16,17,18). The van der Waals surface area contributed by atoms with Crippen LogP contribution in [0, 0.1) is 11.3 Å². The second kappa shape index (κ2) is 4.51. The normalized spacial score (nSPS) is 16.0. The summed E-state index contributed by atoms with van der Waals surface area (Å²) in [4.78, 5) is 7.22. The smallest absolute Gasteiger partial charge is 0.151 e. The molecule has 2 heterocycles. The fraction of sp³-hybridized carbons (Fsp3) is 0.385. The monoisotopic (exact) mass is 260 g/mol. The summed E-state index contributed by atoms with van der Waals surface area (Å²) in [5.41, 5.74) is 1.98. The lowest BCUT2D eigenvalue weighted by Gasteiger charge is -2.16. The van der Waals surface area contributed by atoms with Gasteiger partial charge in [0.25, 0.3) is 0 Å². The molecule has 1 aliphatic rings.